The molecule has 0 saturated heterocycles. The fraction of sp³-hybridized carbons (Fsp3) is 0.500. The van der Waals surface area contributed by atoms with E-state index in [1.165, 1.54) is 24.2 Å². The average molecular weight is 307 g/mol. The van der Waals surface area contributed by atoms with Crippen molar-refractivity contribution < 1.29 is 4.79 Å². The predicted octanol–water partition coefficient (Wildman–Crippen LogP) is 3.78. The number of carbonyl (C=O) groups excluding carboxylic acids is 1. The quantitative estimate of drug-likeness (QED) is 0.914. The largest absolute Gasteiger partial charge is 0.302 e. The molecule has 1 aliphatic carbocycles. The number of amides is 1. The molecule has 0 radical (unpaired) electrons. The summed E-state index contributed by atoms with van der Waals surface area (Å²) in [6, 6.07) is 0. The molecule has 0 spiro atoms. The van der Waals surface area contributed by atoms with Crippen LogP contribution in [0.1, 0.15) is 54.9 Å². The summed E-state index contributed by atoms with van der Waals surface area (Å²) in [5.74, 6) is 1.00. The Morgan fingerprint density at radius 3 is 2.80 bits per heavy atom. The molecule has 2 aromatic rings. The van der Waals surface area contributed by atoms with Gasteiger partial charge in [0.15, 0.2) is 5.13 Å². The Labute approximate surface area is 126 Å². The van der Waals surface area contributed by atoms with Crippen LogP contribution in [0.15, 0.2) is 10.8 Å². The lowest BCUT2D eigenvalue weighted by Crippen LogP contribution is -2.14. The third-order valence-corrected chi connectivity index (χ3v) is 5.14. The second-order valence-electron chi connectivity index (χ2n) is 5.41. The van der Waals surface area contributed by atoms with Crippen molar-refractivity contribution in [1.82, 2.24) is 9.97 Å². The molecule has 0 aromatic carbocycles. The van der Waals surface area contributed by atoms with Crippen molar-refractivity contribution >= 4 is 33.7 Å². The molecule has 1 saturated carbocycles. The van der Waals surface area contributed by atoms with Gasteiger partial charge in [-0.1, -0.05) is 13.8 Å². The van der Waals surface area contributed by atoms with Crippen LogP contribution in [0.5, 0.6) is 0 Å². The summed E-state index contributed by atoms with van der Waals surface area (Å²) in [4.78, 5) is 20.9. The van der Waals surface area contributed by atoms with E-state index in [0.717, 1.165) is 16.4 Å². The summed E-state index contributed by atoms with van der Waals surface area (Å²) in [6.07, 6.45) is 2.78. The Morgan fingerprint density at radius 1 is 1.35 bits per heavy atom. The van der Waals surface area contributed by atoms with Crippen molar-refractivity contribution in [2.24, 2.45) is 0 Å². The SMILES string of the molecule is CC(C)c1nc(CC(=O)Nc2nc(C3CC3)cs2)cs1. The summed E-state index contributed by atoms with van der Waals surface area (Å²) in [5, 5.41) is 8.66. The van der Waals surface area contributed by atoms with Gasteiger partial charge in [-0.2, -0.15) is 0 Å². The van der Waals surface area contributed by atoms with Gasteiger partial charge in [-0.25, -0.2) is 9.97 Å². The Balaban J connectivity index is 1.57. The summed E-state index contributed by atoms with van der Waals surface area (Å²) in [5.41, 5.74) is 1.97. The molecule has 0 bridgehead atoms. The standard InChI is InChI=1S/C14H17N3OS2/c1-8(2)13-15-10(6-19-13)5-12(18)17-14-16-11(7-20-14)9-3-4-9/h6-9H,3-5H2,1-2H3,(H,16,17,18). The Morgan fingerprint density at radius 2 is 2.15 bits per heavy atom. The van der Waals surface area contributed by atoms with E-state index in [1.54, 1.807) is 11.3 Å². The number of hydrogen-bond acceptors (Lipinski definition) is 5. The summed E-state index contributed by atoms with van der Waals surface area (Å²) in [6.45, 7) is 4.22. The maximum Gasteiger partial charge on any atom is 0.232 e. The third kappa shape index (κ3) is 3.24. The Bertz CT molecular complexity index is 569. The van der Waals surface area contributed by atoms with E-state index in [-0.39, 0.29) is 5.91 Å². The topological polar surface area (TPSA) is 54.9 Å². The zero-order valence-corrected chi connectivity index (χ0v) is 13.2. The van der Waals surface area contributed by atoms with Crippen LogP contribution in [0.4, 0.5) is 5.13 Å². The van der Waals surface area contributed by atoms with Crippen molar-refractivity contribution in [2.75, 3.05) is 5.32 Å². The normalized spacial score (nSPS) is 14.8. The minimum absolute atomic E-state index is 0.0395. The van der Waals surface area contributed by atoms with Gasteiger partial charge in [-0.3, -0.25) is 4.79 Å². The van der Waals surface area contributed by atoms with E-state index in [4.69, 9.17) is 0 Å². The highest BCUT2D eigenvalue weighted by Gasteiger charge is 2.26. The summed E-state index contributed by atoms with van der Waals surface area (Å²) >= 11 is 3.12. The van der Waals surface area contributed by atoms with Gasteiger partial charge >= 0.3 is 0 Å². The van der Waals surface area contributed by atoms with Crippen LogP contribution in [-0.4, -0.2) is 15.9 Å². The first-order valence-electron chi connectivity index (χ1n) is 6.81. The second kappa shape index (κ2) is 5.61. The molecule has 1 N–H and O–H groups in total. The Kier molecular flexibility index (Phi) is 3.85. The average Bonchev–Trinajstić information content (AvgIpc) is 2.96. The van der Waals surface area contributed by atoms with Crippen molar-refractivity contribution in [1.29, 1.82) is 0 Å². The zero-order chi connectivity index (χ0) is 14.1. The number of anilines is 1. The minimum atomic E-state index is -0.0395. The van der Waals surface area contributed by atoms with Gasteiger partial charge in [0.2, 0.25) is 5.91 Å². The highest BCUT2D eigenvalue weighted by atomic mass is 32.1. The van der Waals surface area contributed by atoms with Gasteiger partial charge in [0.25, 0.3) is 0 Å². The molecule has 0 aliphatic heterocycles. The van der Waals surface area contributed by atoms with Gasteiger partial charge in [0.1, 0.15) is 0 Å². The van der Waals surface area contributed by atoms with Crippen LogP contribution in [0.25, 0.3) is 0 Å². The van der Waals surface area contributed by atoms with Gasteiger partial charge in [0, 0.05) is 22.6 Å². The molecule has 2 aromatic heterocycles. The van der Waals surface area contributed by atoms with Crippen LogP contribution in [0.2, 0.25) is 0 Å². The maximum absolute atomic E-state index is 12.0. The van der Waals surface area contributed by atoms with Crippen molar-refractivity contribution in [3.05, 3.63) is 27.2 Å². The Hall–Kier alpha value is -1.27. The minimum Gasteiger partial charge on any atom is -0.302 e. The molecular weight excluding hydrogens is 290 g/mol. The molecule has 1 amide bonds. The molecule has 20 heavy (non-hydrogen) atoms. The van der Waals surface area contributed by atoms with Gasteiger partial charge in [0.05, 0.1) is 22.8 Å². The van der Waals surface area contributed by atoms with E-state index in [1.807, 2.05) is 10.8 Å². The fourth-order valence-corrected chi connectivity index (χ4v) is 3.55. The van der Waals surface area contributed by atoms with Crippen LogP contribution in [0.3, 0.4) is 0 Å². The maximum atomic E-state index is 12.0. The molecule has 1 fully saturated rings. The number of thiazole rings is 2. The number of nitrogens with zero attached hydrogens (tertiary/aromatic N) is 2. The molecule has 6 heteroatoms. The zero-order valence-electron chi connectivity index (χ0n) is 11.5. The lowest BCUT2D eigenvalue weighted by Gasteiger charge is -2.00. The van der Waals surface area contributed by atoms with Gasteiger partial charge in [-0.05, 0) is 12.8 Å². The van der Waals surface area contributed by atoms with E-state index >= 15 is 0 Å². The molecule has 2 heterocycles. The molecular formula is C14H17N3OS2. The first kappa shape index (κ1) is 13.7. The first-order chi connectivity index (χ1) is 9.61. The van der Waals surface area contributed by atoms with Crippen molar-refractivity contribution in [3.8, 4) is 0 Å². The number of rotatable bonds is 5. The van der Waals surface area contributed by atoms with Crippen LogP contribution in [0, 0.1) is 0 Å². The fourth-order valence-electron chi connectivity index (χ4n) is 1.91. The van der Waals surface area contributed by atoms with E-state index < -0.39 is 0 Å². The third-order valence-electron chi connectivity index (χ3n) is 3.17. The predicted molar refractivity (Wildman–Crippen MR) is 82.6 cm³/mol. The number of aromatic nitrogens is 2. The second-order valence-corrected chi connectivity index (χ2v) is 7.16. The smallest absolute Gasteiger partial charge is 0.232 e. The van der Waals surface area contributed by atoms with Crippen molar-refractivity contribution in [2.45, 2.75) is 44.9 Å². The van der Waals surface area contributed by atoms with E-state index in [9.17, 15) is 4.79 Å². The van der Waals surface area contributed by atoms with Crippen LogP contribution in [-0.2, 0) is 11.2 Å². The van der Waals surface area contributed by atoms with Crippen LogP contribution >= 0.6 is 22.7 Å². The van der Waals surface area contributed by atoms with E-state index in [2.05, 4.69) is 29.1 Å². The molecule has 106 valence electrons. The lowest BCUT2D eigenvalue weighted by molar-refractivity contribution is -0.115. The molecule has 0 atom stereocenters. The number of carbonyl (C=O) groups is 1. The molecule has 0 unspecified atom stereocenters. The van der Waals surface area contributed by atoms with Gasteiger partial charge < -0.3 is 5.32 Å². The monoisotopic (exact) mass is 307 g/mol. The van der Waals surface area contributed by atoms with Crippen molar-refractivity contribution in [3.63, 3.8) is 0 Å². The lowest BCUT2D eigenvalue weighted by atomic mass is 10.2. The first-order valence-corrected chi connectivity index (χ1v) is 8.57. The number of hydrogen-bond donors (Lipinski definition) is 1. The summed E-state index contributed by atoms with van der Waals surface area (Å²) in [7, 11) is 0. The molecule has 3 rings (SSSR count). The molecule has 4 nitrogen and oxygen atoms in total. The summed E-state index contributed by atoms with van der Waals surface area (Å²) < 4.78 is 0. The highest BCUT2D eigenvalue weighted by Crippen LogP contribution is 2.40. The van der Waals surface area contributed by atoms with Gasteiger partial charge in [-0.15, -0.1) is 22.7 Å². The van der Waals surface area contributed by atoms with E-state index in [0.29, 0.717) is 23.4 Å². The van der Waals surface area contributed by atoms with Crippen LogP contribution < -0.4 is 5.32 Å². The highest BCUT2D eigenvalue weighted by molar-refractivity contribution is 7.14. The number of nitrogens with one attached hydrogen (secondary N) is 1. The molecule has 1 aliphatic rings.